The van der Waals surface area contributed by atoms with E-state index in [4.69, 9.17) is 0 Å². The Morgan fingerprint density at radius 2 is 2.25 bits per heavy atom. The normalized spacial score (nSPS) is 10.4. The molecule has 0 saturated carbocycles. The van der Waals surface area contributed by atoms with Crippen LogP contribution in [0.25, 0.3) is 0 Å². The highest BCUT2D eigenvalue weighted by Gasteiger charge is 2.05. The molecule has 0 aliphatic heterocycles. The molecule has 0 fully saturated rings. The van der Waals surface area contributed by atoms with Crippen LogP contribution in [0.3, 0.4) is 0 Å². The Labute approximate surface area is 107 Å². The highest BCUT2D eigenvalue weighted by molar-refractivity contribution is 9.10. The molecule has 5 heteroatoms. The van der Waals surface area contributed by atoms with Gasteiger partial charge in [0.15, 0.2) is 0 Å². The van der Waals surface area contributed by atoms with E-state index in [2.05, 4.69) is 31.2 Å². The fourth-order valence-electron chi connectivity index (χ4n) is 1.43. The van der Waals surface area contributed by atoms with Crippen molar-refractivity contribution < 1.29 is 0 Å². The number of thiazole rings is 1. The molecule has 2 heterocycles. The van der Waals surface area contributed by atoms with E-state index in [1.807, 2.05) is 26.0 Å². The van der Waals surface area contributed by atoms with Gasteiger partial charge < -0.3 is 5.32 Å². The number of pyridine rings is 1. The van der Waals surface area contributed by atoms with Crippen LogP contribution in [0, 0.1) is 13.8 Å². The van der Waals surface area contributed by atoms with Crippen molar-refractivity contribution in [2.75, 3.05) is 5.32 Å². The number of halogens is 1. The van der Waals surface area contributed by atoms with Crippen LogP contribution in [0.1, 0.15) is 15.6 Å². The summed E-state index contributed by atoms with van der Waals surface area (Å²) >= 11 is 5.14. The van der Waals surface area contributed by atoms with Crippen molar-refractivity contribution in [2.45, 2.75) is 20.4 Å². The lowest BCUT2D eigenvalue weighted by atomic mass is 10.3. The zero-order valence-corrected chi connectivity index (χ0v) is 11.5. The van der Waals surface area contributed by atoms with Crippen LogP contribution in [0.2, 0.25) is 0 Å². The first-order valence-electron chi connectivity index (χ1n) is 4.94. The van der Waals surface area contributed by atoms with E-state index >= 15 is 0 Å². The van der Waals surface area contributed by atoms with Crippen molar-refractivity contribution in [3.05, 3.63) is 38.5 Å². The van der Waals surface area contributed by atoms with Gasteiger partial charge in [-0.15, -0.1) is 11.3 Å². The van der Waals surface area contributed by atoms with E-state index in [-0.39, 0.29) is 0 Å². The summed E-state index contributed by atoms with van der Waals surface area (Å²) in [7, 11) is 0. The molecule has 0 unspecified atom stereocenters. The molecule has 0 bridgehead atoms. The van der Waals surface area contributed by atoms with Crippen molar-refractivity contribution in [1.29, 1.82) is 0 Å². The van der Waals surface area contributed by atoms with Gasteiger partial charge in [0.05, 0.1) is 22.9 Å². The maximum Gasteiger partial charge on any atom is 0.129 e. The molecule has 2 rings (SSSR count). The standard InChI is InChI=1S/C11H12BrN3S/c1-7-10(16-8(2)15-7)6-14-9-4-3-5-13-11(9)12/h3-5,14H,6H2,1-2H3. The molecule has 3 nitrogen and oxygen atoms in total. The second-order valence-corrected chi connectivity index (χ2v) is 5.48. The van der Waals surface area contributed by atoms with Gasteiger partial charge in [0, 0.05) is 11.1 Å². The molecular formula is C11H12BrN3S. The molecule has 2 aromatic rings. The minimum atomic E-state index is 0.793. The average Bonchev–Trinajstić information content (AvgIpc) is 2.56. The van der Waals surface area contributed by atoms with Crippen LogP contribution in [0.4, 0.5) is 5.69 Å². The van der Waals surface area contributed by atoms with Crippen molar-refractivity contribution >= 4 is 33.0 Å². The van der Waals surface area contributed by atoms with Crippen LogP contribution < -0.4 is 5.32 Å². The topological polar surface area (TPSA) is 37.8 Å². The first kappa shape index (κ1) is 11.5. The molecule has 0 spiro atoms. The molecule has 0 aromatic carbocycles. The number of aryl methyl sites for hydroxylation is 2. The summed E-state index contributed by atoms with van der Waals surface area (Å²) in [6.45, 7) is 4.86. The molecule has 0 saturated heterocycles. The third-order valence-electron chi connectivity index (χ3n) is 2.20. The van der Waals surface area contributed by atoms with Gasteiger partial charge in [-0.3, -0.25) is 0 Å². The third kappa shape index (κ3) is 2.59. The summed E-state index contributed by atoms with van der Waals surface area (Å²) in [5, 5.41) is 4.46. The van der Waals surface area contributed by atoms with Crippen molar-refractivity contribution in [3.63, 3.8) is 0 Å². The van der Waals surface area contributed by atoms with Gasteiger partial charge in [-0.2, -0.15) is 0 Å². The Morgan fingerprint density at radius 1 is 1.44 bits per heavy atom. The van der Waals surface area contributed by atoms with E-state index in [0.29, 0.717) is 0 Å². The van der Waals surface area contributed by atoms with Crippen LogP contribution in [0.5, 0.6) is 0 Å². The summed E-state index contributed by atoms with van der Waals surface area (Å²) in [6.07, 6.45) is 1.76. The molecule has 0 radical (unpaired) electrons. The highest BCUT2D eigenvalue weighted by atomic mass is 79.9. The Bertz CT molecular complexity index is 496. The minimum absolute atomic E-state index is 0.793. The largest absolute Gasteiger partial charge is 0.378 e. The van der Waals surface area contributed by atoms with E-state index in [1.165, 1.54) is 4.88 Å². The summed E-state index contributed by atoms with van der Waals surface area (Å²) < 4.78 is 0.842. The lowest BCUT2D eigenvalue weighted by Gasteiger charge is -2.06. The van der Waals surface area contributed by atoms with Crippen molar-refractivity contribution in [2.24, 2.45) is 0 Å². The first-order chi connectivity index (χ1) is 7.66. The molecule has 0 atom stereocenters. The lowest BCUT2D eigenvalue weighted by molar-refractivity contribution is 1.10. The van der Waals surface area contributed by atoms with Crippen LogP contribution in [-0.4, -0.2) is 9.97 Å². The molecule has 1 N–H and O–H groups in total. The molecule has 0 aliphatic rings. The van der Waals surface area contributed by atoms with Gasteiger partial charge in [-0.1, -0.05) is 0 Å². The van der Waals surface area contributed by atoms with E-state index < -0.39 is 0 Å². The van der Waals surface area contributed by atoms with Gasteiger partial charge in [0.2, 0.25) is 0 Å². The Morgan fingerprint density at radius 3 is 2.88 bits per heavy atom. The molecule has 2 aromatic heterocycles. The summed E-state index contributed by atoms with van der Waals surface area (Å²) in [4.78, 5) is 9.83. The fraction of sp³-hybridized carbons (Fsp3) is 0.273. The zero-order valence-electron chi connectivity index (χ0n) is 9.12. The number of anilines is 1. The SMILES string of the molecule is Cc1nc(C)c(CNc2cccnc2Br)s1. The lowest BCUT2D eigenvalue weighted by Crippen LogP contribution is -2.00. The van der Waals surface area contributed by atoms with Crippen LogP contribution in [-0.2, 0) is 6.54 Å². The Hall–Kier alpha value is -0.940. The Kier molecular flexibility index (Phi) is 3.56. The van der Waals surface area contributed by atoms with Gasteiger partial charge in [-0.25, -0.2) is 9.97 Å². The Balaban J connectivity index is 2.08. The first-order valence-corrected chi connectivity index (χ1v) is 6.55. The predicted molar refractivity (Wildman–Crippen MR) is 70.9 cm³/mol. The van der Waals surface area contributed by atoms with E-state index in [1.54, 1.807) is 17.5 Å². The fourth-order valence-corrected chi connectivity index (χ4v) is 2.70. The molecular weight excluding hydrogens is 286 g/mol. The van der Waals surface area contributed by atoms with Gasteiger partial charge in [0.1, 0.15) is 4.60 Å². The summed E-state index contributed by atoms with van der Waals surface area (Å²) in [5.74, 6) is 0. The summed E-state index contributed by atoms with van der Waals surface area (Å²) in [6, 6.07) is 3.91. The monoisotopic (exact) mass is 297 g/mol. The number of hydrogen-bond donors (Lipinski definition) is 1. The van der Waals surface area contributed by atoms with E-state index in [9.17, 15) is 0 Å². The van der Waals surface area contributed by atoms with Gasteiger partial charge >= 0.3 is 0 Å². The van der Waals surface area contributed by atoms with Gasteiger partial charge in [-0.05, 0) is 41.9 Å². The number of nitrogens with zero attached hydrogens (tertiary/aromatic N) is 2. The zero-order chi connectivity index (χ0) is 11.5. The molecule has 0 amide bonds. The third-order valence-corrected chi connectivity index (χ3v) is 3.90. The van der Waals surface area contributed by atoms with E-state index in [0.717, 1.165) is 27.5 Å². The highest BCUT2D eigenvalue weighted by Crippen LogP contribution is 2.22. The summed E-state index contributed by atoms with van der Waals surface area (Å²) in [5.41, 5.74) is 2.11. The second-order valence-electron chi connectivity index (χ2n) is 3.44. The quantitative estimate of drug-likeness (QED) is 0.881. The smallest absolute Gasteiger partial charge is 0.129 e. The molecule has 0 aliphatic carbocycles. The molecule has 16 heavy (non-hydrogen) atoms. The van der Waals surface area contributed by atoms with Crippen molar-refractivity contribution in [1.82, 2.24) is 9.97 Å². The maximum atomic E-state index is 4.40. The number of rotatable bonds is 3. The van der Waals surface area contributed by atoms with Gasteiger partial charge in [0.25, 0.3) is 0 Å². The van der Waals surface area contributed by atoms with Crippen LogP contribution >= 0.6 is 27.3 Å². The van der Waals surface area contributed by atoms with Crippen molar-refractivity contribution in [3.8, 4) is 0 Å². The second kappa shape index (κ2) is 4.93. The number of aromatic nitrogens is 2. The maximum absolute atomic E-state index is 4.40. The molecule has 84 valence electrons. The minimum Gasteiger partial charge on any atom is -0.378 e. The average molecular weight is 298 g/mol. The number of hydrogen-bond acceptors (Lipinski definition) is 4. The predicted octanol–water partition coefficient (Wildman–Crippen LogP) is 3.53. The van der Waals surface area contributed by atoms with Crippen LogP contribution in [0.15, 0.2) is 22.9 Å². The number of nitrogens with one attached hydrogen (secondary N) is 1.